The number of primary amides is 1. The van der Waals surface area contributed by atoms with Crippen LogP contribution in [0.2, 0.25) is 0 Å². The Labute approximate surface area is 104 Å². The highest BCUT2D eigenvalue weighted by Gasteiger charge is 2.08. The summed E-state index contributed by atoms with van der Waals surface area (Å²) in [6.07, 6.45) is 1.50. The molecule has 0 aliphatic heterocycles. The number of aromatic nitrogens is 2. The Morgan fingerprint density at radius 1 is 1.28 bits per heavy atom. The summed E-state index contributed by atoms with van der Waals surface area (Å²) in [4.78, 5) is 29.6. The lowest BCUT2D eigenvalue weighted by Crippen LogP contribution is -2.14. The van der Waals surface area contributed by atoms with E-state index in [0.29, 0.717) is 22.5 Å². The molecule has 5 nitrogen and oxygen atoms in total. The molecule has 92 valence electrons. The monoisotopic (exact) mass is 243 g/mol. The number of carbonyl (C=O) groups is 1. The van der Waals surface area contributed by atoms with E-state index in [0.717, 1.165) is 5.56 Å². The highest BCUT2D eigenvalue weighted by atomic mass is 16.1. The van der Waals surface area contributed by atoms with Gasteiger partial charge in [-0.05, 0) is 25.5 Å². The Bertz CT molecular complexity index is 674. The first-order chi connectivity index (χ1) is 8.49. The van der Waals surface area contributed by atoms with Gasteiger partial charge in [0.05, 0.1) is 0 Å². The van der Waals surface area contributed by atoms with Crippen molar-refractivity contribution in [3.8, 4) is 11.4 Å². The molecule has 0 bridgehead atoms. The van der Waals surface area contributed by atoms with Gasteiger partial charge in [-0.25, -0.2) is 4.98 Å². The van der Waals surface area contributed by atoms with E-state index in [1.165, 1.54) is 6.20 Å². The van der Waals surface area contributed by atoms with Crippen LogP contribution < -0.4 is 11.3 Å². The van der Waals surface area contributed by atoms with Gasteiger partial charge in [0.2, 0.25) is 5.91 Å². The van der Waals surface area contributed by atoms with Crippen LogP contribution in [-0.4, -0.2) is 15.9 Å². The standard InChI is InChI=1S/C13H13N3O2/c1-7-3-4-9(5-10(7)11(14)17)12-15-6-8(2)13(18)16-12/h3-6H,1-2H3,(H2,14,17)(H,15,16,18). The molecule has 0 aliphatic carbocycles. The van der Waals surface area contributed by atoms with Gasteiger partial charge in [-0.15, -0.1) is 0 Å². The van der Waals surface area contributed by atoms with Crippen LogP contribution in [0.4, 0.5) is 0 Å². The first-order valence-electron chi connectivity index (χ1n) is 5.46. The van der Waals surface area contributed by atoms with E-state index in [-0.39, 0.29) is 5.56 Å². The van der Waals surface area contributed by atoms with Crippen molar-refractivity contribution in [2.45, 2.75) is 13.8 Å². The zero-order valence-corrected chi connectivity index (χ0v) is 10.2. The Balaban J connectivity index is 2.57. The van der Waals surface area contributed by atoms with Crippen LogP contribution in [0.1, 0.15) is 21.5 Å². The zero-order chi connectivity index (χ0) is 13.3. The van der Waals surface area contributed by atoms with Crippen molar-refractivity contribution in [3.63, 3.8) is 0 Å². The number of nitrogens with two attached hydrogens (primary N) is 1. The summed E-state index contributed by atoms with van der Waals surface area (Å²) in [6.45, 7) is 3.48. The molecule has 0 saturated heterocycles. The van der Waals surface area contributed by atoms with E-state index in [2.05, 4.69) is 9.97 Å². The molecule has 0 spiro atoms. The van der Waals surface area contributed by atoms with E-state index < -0.39 is 5.91 Å². The highest BCUT2D eigenvalue weighted by Crippen LogP contribution is 2.18. The summed E-state index contributed by atoms with van der Waals surface area (Å²) in [6, 6.07) is 5.19. The third-order valence-electron chi connectivity index (χ3n) is 2.75. The molecule has 0 saturated carbocycles. The number of aryl methyl sites for hydroxylation is 2. The van der Waals surface area contributed by atoms with Crippen LogP contribution in [0.3, 0.4) is 0 Å². The molecule has 0 aliphatic rings. The summed E-state index contributed by atoms with van der Waals surface area (Å²) in [5, 5.41) is 0. The predicted octanol–water partition coefficient (Wildman–Crippen LogP) is 1.15. The SMILES string of the molecule is Cc1ccc(-c2ncc(C)c(=O)[nH]2)cc1C(N)=O. The molecule has 0 atom stereocenters. The molecule has 2 rings (SSSR count). The molecule has 0 radical (unpaired) electrons. The second kappa shape index (κ2) is 4.44. The van der Waals surface area contributed by atoms with Crippen molar-refractivity contribution >= 4 is 5.91 Å². The molecular formula is C13H13N3O2. The van der Waals surface area contributed by atoms with E-state index in [1.807, 2.05) is 0 Å². The number of aromatic amines is 1. The van der Waals surface area contributed by atoms with Crippen molar-refractivity contribution in [1.29, 1.82) is 0 Å². The fourth-order valence-electron chi connectivity index (χ4n) is 1.64. The van der Waals surface area contributed by atoms with E-state index in [4.69, 9.17) is 5.73 Å². The first kappa shape index (κ1) is 12.0. The quantitative estimate of drug-likeness (QED) is 0.829. The Morgan fingerprint density at radius 2 is 2.00 bits per heavy atom. The number of carbonyl (C=O) groups excluding carboxylic acids is 1. The maximum absolute atomic E-state index is 11.5. The largest absolute Gasteiger partial charge is 0.366 e. The smallest absolute Gasteiger partial charge is 0.254 e. The van der Waals surface area contributed by atoms with Gasteiger partial charge < -0.3 is 10.7 Å². The van der Waals surface area contributed by atoms with Gasteiger partial charge in [0, 0.05) is 22.9 Å². The van der Waals surface area contributed by atoms with Gasteiger partial charge in [0.1, 0.15) is 5.82 Å². The van der Waals surface area contributed by atoms with Crippen molar-refractivity contribution in [2.75, 3.05) is 0 Å². The lowest BCUT2D eigenvalue weighted by atomic mass is 10.0. The molecule has 18 heavy (non-hydrogen) atoms. The topological polar surface area (TPSA) is 88.8 Å². The van der Waals surface area contributed by atoms with Crippen LogP contribution in [0.5, 0.6) is 0 Å². The molecule has 2 aromatic rings. The molecule has 1 aromatic heterocycles. The van der Waals surface area contributed by atoms with Gasteiger partial charge in [0.25, 0.3) is 5.56 Å². The van der Waals surface area contributed by atoms with Crippen LogP contribution >= 0.6 is 0 Å². The number of nitrogens with zero attached hydrogens (tertiary/aromatic N) is 1. The number of hydrogen-bond acceptors (Lipinski definition) is 3. The Morgan fingerprint density at radius 3 is 2.61 bits per heavy atom. The van der Waals surface area contributed by atoms with Crippen LogP contribution in [0.15, 0.2) is 29.2 Å². The Hall–Kier alpha value is -2.43. The summed E-state index contributed by atoms with van der Waals surface area (Å²) < 4.78 is 0. The third kappa shape index (κ3) is 2.15. The lowest BCUT2D eigenvalue weighted by molar-refractivity contribution is 0.1000. The van der Waals surface area contributed by atoms with Gasteiger partial charge in [0.15, 0.2) is 0 Å². The lowest BCUT2D eigenvalue weighted by Gasteiger charge is -2.05. The van der Waals surface area contributed by atoms with Gasteiger partial charge in [-0.3, -0.25) is 9.59 Å². The molecule has 1 amide bonds. The van der Waals surface area contributed by atoms with Crippen LogP contribution in [-0.2, 0) is 0 Å². The minimum atomic E-state index is -0.496. The fourth-order valence-corrected chi connectivity index (χ4v) is 1.64. The molecule has 1 aromatic carbocycles. The van der Waals surface area contributed by atoms with Crippen molar-refractivity contribution < 1.29 is 4.79 Å². The minimum Gasteiger partial charge on any atom is -0.366 e. The summed E-state index contributed by atoms with van der Waals surface area (Å²) in [5.74, 6) is -0.0723. The van der Waals surface area contributed by atoms with Gasteiger partial charge >= 0.3 is 0 Å². The number of benzene rings is 1. The minimum absolute atomic E-state index is 0.193. The summed E-state index contributed by atoms with van der Waals surface area (Å²) >= 11 is 0. The van der Waals surface area contributed by atoms with E-state index in [1.54, 1.807) is 32.0 Å². The van der Waals surface area contributed by atoms with Crippen LogP contribution in [0, 0.1) is 13.8 Å². The molecular weight excluding hydrogens is 230 g/mol. The number of H-pyrrole nitrogens is 1. The average molecular weight is 243 g/mol. The number of rotatable bonds is 2. The van der Waals surface area contributed by atoms with Gasteiger partial charge in [-0.2, -0.15) is 0 Å². The third-order valence-corrected chi connectivity index (χ3v) is 2.75. The maximum Gasteiger partial charge on any atom is 0.254 e. The zero-order valence-electron chi connectivity index (χ0n) is 10.2. The number of amides is 1. The maximum atomic E-state index is 11.5. The average Bonchev–Trinajstić information content (AvgIpc) is 2.33. The Kier molecular flexibility index (Phi) is 2.97. The molecule has 3 N–H and O–H groups in total. The van der Waals surface area contributed by atoms with E-state index in [9.17, 15) is 9.59 Å². The fraction of sp³-hybridized carbons (Fsp3) is 0.154. The highest BCUT2D eigenvalue weighted by molar-refractivity contribution is 5.95. The number of nitrogens with one attached hydrogen (secondary N) is 1. The normalized spacial score (nSPS) is 10.3. The number of hydrogen-bond donors (Lipinski definition) is 2. The first-order valence-corrected chi connectivity index (χ1v) is 5.46. The second-order valence-corrected chi connectivity index (χ2v) is 4.14. The predicted molar refractivity (Wildman–Crippen MR) is 68.3 cm³/mol. The summed E-state index contributed by atoms with van der Waals surface area (Å²) in [7, 11) is 0. The molecule has 0 fully saturated rings. The van der Waals surface area contributed by atoms with Crippen molar-refractivity contribution in [3.05, 3.63) is 51.4 Å². The van der Waals surface area contributed by atoms with E-state index >= 15 is 0 Å². The summed E-state index contributed by atoms with van der Waals surface area (Å²) in [5.41, 5.74) is 7.51. The molecule has 1 heterocycles. The van der Waals surface area contributed by atoms with Crippen molar-refractivity contribution in [2.24, 2.45) is 5.73 Å². The molecule has 0 unspecified atom stereocenters. The van der Waals surface area contributed by atoms with Crippen molar-refractivity contribution in [1.82, 2.24) is 9.97 Å². The second-order valence-electron chi connectivity index (χ2n) is 4.14. The van der Waals surface area contributed by atoms with Gasteiger partial charge in [-0.1, -0.05) is 12.1 Å². The molecule has 5 heteroatoms. The van der Waals surface area contributed by atoms with Crippen LogP contribution in [0.25, 0.3) is 11.4 Å².